The Morgan fingerprint density at radius 2 is 2.17 bits per heavy atom. The number of benzene rings is 1. The van der Waals surface area contributed by atoms with Gasteiger partial charge in [0.2, 0.25) is 5.78 Å². The first kappa shape index (κ1) is 11.2. The van der Waals surface area contributed by atoms with E-state index < -0.39 is 0 Å². The van der Waals surface area contributed by atoms with E-state index in [1.54, 1.807) is 16.9 Å². The number of carbonyl (C=O) groups is 1. The lowest BCUT2D eigenvalue weighted by Gasteiger charge is -2.25. The fourth-order valence-electron chi connectivity index (χ4n) is 2.36. The largest absolute Gasteiger partial charge is 0.287 e. The summed E-state index contributed by atoms with van der Waals surface area (Å²) in [4.78, 5) is 12.3. The number of nitrogens with zero attached hydrogens (tertiary/aromatic N) is 2. The molecule has 1 heterocycles. The highest BCUT2D eigenvalue weighted by atomic mass is 16.1. The lowest BCUT2D eigenvalue weighted by atomic mass is 9.79. The zero-order valence-corrected chi connectivity index (χ0v) is 10.5. The van der Waals surface area contributed by atoms with Gasteiger partial charge in [-0.2, -0.15) is 5.10 Å². The van der Waals surface area contributed by atoms with Gasteiger partial charge in [-0.1, -0.05) is 24.6 Å². The smallest absolute Gasteiger partial charge is 0.213 e. The maximum Gasteiger partial charge on any atom is 0.213 e. The number of rotatable bonds is 3. The standard InChI is InChI=1S/C15H16N2O/c1-17-9-8-14(16-17)15(18)13-7-3-6-12(10-13)11-4-2-5-11/h3,6-11H,2,4-5H2,1H3. The summed E-state index contributed by atoms with van der Waals surface area (Å²) in [5, 5.41) is 4.16. The quantitative estimate of drug-likeness (QED) is 0.773. The zero-order chi connectivity index (χ0) is 12.5. The highest BCUT2D eigenvalue weighted by Crippen LogP contribution is 2.36. The predicted octanol–water partition coefficient (Wildman–Crippen LogP) is 2.92. The fourth-order valence-corrected chi connectivity index (χ4v) is 2.36. The highest BCUT2D eigenvalue weighted by molar-refractivity contribution is 6.07. The minimum atomic E-state index is 0.0109. The molecular formula is C15H16N2O. The number of hydrogen-bond acceptors (Lipinski definition) is 2. The second-order valence-corrected chi connectivity index (χ2v) is 4.96. The molecule has 92 valence electrons. The molecule has 0 amide bonds. The van der Waals surface area contributed by atoms with Gasteiger partial charge in [0.05, 0.1) is 0 Å². The van der Waals surface area contributed by atoms with E-state index >= 15 is 0 Å². The number of aromatic nitrogens is 2. The van der Waals surface area contributed by atoms with Crippen molar-refractivity contribution >= 4 is 5.78 Å². The molecule has 0 aliphatic heterocycles. The summed E-state index contributed by atoms with van der Waals surface area (Å²) in [5.41, 5.74) is 2.56. The molecule has 1 fully saturated rings. The first-order valence-electron chi connectivity index (χ1n) is 6.38. The number of hydrogen-bond donors (Lipinski definition) is 0. The van der Waals surface area contributed by atoms with Gasteiger partial charge in [0.15, 0.2) is 0 Å². The first-order chi connectivity index (χ1) is 8.74. The maximum absolute atomic E-state index is 12.3. The van der Waals surface area contributed by atoms with Gasteiger partial charge in [-0.3, -0.25) is 9.48 Å². The van der Waals surface area contributed by atoms with E-state index in [0.29, 0.717) is 11.6 Å². The molecule has 0 N–H and O–H groups in total. The summed E-state index contributed by atoms with van der Waals surface area (Å²) >= 11 is 0. The number of aryl methyl sites for hydroxylation is 1. The molecule has 0 saturated heterocycles. The SMILES string of the molecule is Cn1ccc(C(=O)c2cccc(C3CCC3)c2)n1. The topological polar surface area (TPSA) is 34.9 Å². The second-order valence-electron chi connectivity index (χ2n) is 4.96. The van der Waals surface area contributed by atoms with Gasteiger partial charge in [-0.15, -0.1) is 0 Å². The molecule has 1 aliphatic carbocycles. The Labute approximate surface area is 106 Å². The van der Waals surface area contributed by atoms with Crippen LogP contribution in [0.25, 0.3) is 0 Å². The fraction of sp³-hybridized carbons (Fsp3) is 0.333. The molecule has 2 aromatic rings. The van der Waals surface area contributed by atoms with E-state index in [0.717, 1.165) is 5.56 Å². The van der Waals surface area contributed by atoms with Crippen LogP contribution in [0.2, 0.25) is 0 Å². The van der Waals surface area contributed by atoms with E-state index in [1.807, 2.05) is 25.2 Å². The summed E-state index contributed by atoms with van der Waals surface area (Å²) in [6.07, 6.45) is 5.61. The molecule has 0 spiro atoms. The Hall–Kier alpha value is -1.90. The number of carbonyl (C=O) groups excluding carboxylic acids is 1. The van der Waals surface area contributed by atoms with E-state index in [2.05, 4.69) is 11.2 Å². The molecule has 18 heavy (non-hydrogen) atoms. The summed E-state index contributed by atoms with van der Waals surface area (Å²) in [7, 11) is 1.82. The minimum absolute atomic E-state index is 0.0109. The molecule has 1 aliphatic rings. The van der Waals surface area contributed by atoms with Crippen LogP contribution in [0.4, 0.5) is 0 Å². The van der Waals surface area contributed by atoms with Crippen molar-refractivity contribution in [2.24, 2.45) is 7.05 Å². The molecule has 1 saturated carbocycles. The van der Waals surface area contributed by atoms with Crippen molar-refractivity contribution in [2.45, 2.75) is 25.2 Å². The van der Waals surface area contributed by atoms with Crippen LogP contribution in [0, 0.1) is 0 Å². The van der Waals surface area contributed by atoms with Gasteiger partial charge in [0.1, 0.15) is 5.69 Å². The molecule has 0 bridgehead atoms. The Morgan fingerprint density at radius 3 is 2.78 bits per heavy atom. The Morgan fingerprint density at radius 1 is 1.33 bits per heavy atom. The third kappa shape index (κ3) is 1.96. The lowest BCUT2D eigenvalue weighted by molar-refractivity contribution is 0.103. The lowest BCUT2D eigenvalue weighted by Crippen LogP contribution is -2.10. The van der Waals surface area contributed by atoms with E-state index in [1.165, 1.54) is 24.8 Å². The van der Waals surface area contributed by atoms with Gasteiger partial charge in [0, 0.05) is 18.8 Å². The molecule has 0 atom stereocenters. The second kappa shape index (κ2) is 4.41. The first-order valence-corrected chi connectivity index (χ1v) is 6.38. The van der Waals surface area contributed by atoms with Crippen LogP contribution < -0.4 is 0 Å². The molecule has 0 radical (unpaired) electrons. The third-order valence-corrected chi connectivity index (χ3v) is 3.67. The summed E-state index contributed by atoms with van der Waals surface area (Å²) < 4.78 is 1.66. The minimum Gasteiger partial charge on any atom is -0.287 e. The average molecular weight is 240 g/mol. The maximum atomic E-state index is 12.3. The van der Waals surface area contributed by atoms with Crippen LogP contribution in [-0.4, -0.2) is 15.6 Å². The van der Waals surface area contributed by atoms with Gasteiger partial charge < -0.3 is 0 Å². The van der Waals surface area contributed by atoms with Crippen LogP contribution in [-0.2, 0) is 7.05 Å². The number of ketones is 1. The van der Waals surface area contributed by atoms with Gasteiger partial charge in [-0.05, 0) is 36.5 Å². The van der Waals surface area contributed by atoms with E-state index in [-0.39, 0.29) is 5.78 Å². The van der Waals surface area contributed by atoms with Crippen LogP contribution in [0.5, 0.6) is 0 Å². The molecular weight excluding hydrogens is 224 g/mol. The van der Waals surface area contributed by atoms with Crippen LogP contribution >= 0.6 is 0 Å². The van der Waals surface area contributed by atoms with Gasteiger partial charge >= 0.3 is 0 Å². The molecule has 0 unspecified atom stereocenters. The molecule has 3 heteroatoms. The Bertz CT molecular complexity index is 582. The molecule has 3 rings (SSSR count). The highest BCUT2D eigenvalue weighted by Gasteiger charge is 2.20. The van der Waals surface area contributed by atoms with Crippen LogP contribution in [0.15, 0.2) is 36.5 Å². The van der Waals surface area contributed by atoms with Crippen molar-refractivity contribution in [3.8, 4) is 0 Å². The molecule has 3 nitrogen and oxygen atoms in total. The zero-order valence-electron chi connectivity index (χ0n) is 10.5. The third-order valence-electron chi connectivity index (χ3n) is 3.67. The average Bonchev–Trinajstić information content (AvgIpc) is 2.73. The van der Waals surface area contributed by atoms with Crippen molar-refractivity contribution in [3.05, 3.63) is 53.3 Å². The van der Waals surface area contributed by atoms with E-state index in [4.69, 9.17) is 0 Å². The van der Waals surface area contributed by atoms with Crippen molar-refractivity contribution in [1.82, 2.24) is 9.78 Å². The molecule has 1 aromatic heterocycles. The van der Waals surface area contributed by atoms with Crippen molar-refractivity contribution in [2.75, 3.05) is 0 Å². The predicted molar refractivity (Wildman–Crippen MR) is 69.7 cm³/mol. The van der Waals surface area contributed by atoms with Gasteiger partial charge in [-0.25, -0.2) is 0 Å². The van der Waals surface area contributed by atoms with Crippen LogP contribution in [0.1, 0.15) is 46.8 Å². The van der Waals surface area contributed by atoms with Crippen molar-refractivity contribution in [3.63, 3.8) is 0 Å². The summed E-state index contributed by atoms with van der Waals surface area (Å²) in [6.45, 7) is 0. The van der Waals surface area contributed by atoms with Crippen molar-refractivity contribution in [1.29, 1.82) is 0 Å². The van der Waals surface area contributed by atoms with Crippen molar-refractivity contribution < 1.29 is 4.79 Å². The normalized spacial score (nSPS) is 15.4. The van der Waals surface area contributed by atoms with Crippen LogP contribution in [0.3, 0.4) is 0 Å². The van der Waals surface area contributed by atoms with Gasteiger partial charge in [0.25, 0.3) is 0 Å². The Balaban J connectivity index is 1.89. The summed E-state index contributed by atoms with van der Waals surface area (Å²) in [5.74, 6) is 0.665. The molecule has 1 aromatic carbocycles. The monoisotopic (exact) mass is 240 g/mol. The summed E-state index contributed by atoms with van der Waals surface area (Å²) in [6, 6.07) is 9.77. The van der Waals surface area contributed by atoms with E-state index in [9.17, 15) is 4.79 Å². The Kier molecular flexibility index (Phi) is 2.74.